The maximum Gasteiger partial charge on any atom is 0.0541 e. The van der Waals surface area contributed by atoms with E-state index in [2.05, 4.69) is 245 Å². The van der Waals surface area contributed by atoms with Crippen LogP contribution in [-0.4, -0.2) is 11.1 Å². The number of rotatable bonds is 7. The van der Waals surface area contributed by atoms with E-state index in [9.17, 15) is 0 Å². The van der Waals surface area contributed by atoms with E-state index < -0.39 is 0 Å². The van der Waals surface area contributed by atoms with Crippen molar-refractivity contribution < 1.29 is 0 Å². The summed E-state index contributed by atoms with van der Waals surface area (Å²) in [4.78, 5) is 4.70. The number of para-hydroxylation sites is 3. The fourth-order valence-corrected chi connectivity index (χ4v) is 8.30. The molecule has 3 nitrogen and oxygen atoms in total. The monoisotopic (exact) mass is 743 g/mol. The predicted molar refractivity (Wildman–Crippen MR) is 247 cm³/mol. The molecule has 1 aliphatic heterocycles. The molecule has 276 valence electrons. The molecule has 0 aliphatic carbocycles. The van der Waals surface area contributed by atoms with Gasteiger partial charge in [-0.3, -0.25) is 0 Å². The van der Waals surface area contributed by atoms with Crippen molar-refractivity contribution in [3.63, 3.8) is 0 Å². The lowest BCUT2D eigenvalue weighted by molar-refractivity contribution is 1.09. The molecule has 10 rings (SSSR count). The van der Waals surface area contributed by atoms with Crippen LogP contribution < -0.4 is 9.80 Å². The minimum Gasteiger partial charge on any atom is -0.337 e. The second kappa shape index (κ2) is 15.1. The highest BCUT2D eigenvalue weighted by atomic mass is 15.2. The Labute approximate surface area is 340 Å². The number of anilines is 5. The van der Waals surface area contributed by atoms with Crippen LogP contribution in [0.5, 0.6) is 0 Å². The maximum absolute atomic E-state index is 4.51. The quantitative estimate of drug-likeness (QED) is 0.161. The van der Waals surface area contributed by atoms with E-state index in [0.29, 0.717) is 6.54 Å². The Hall–Kier alpha value is -7.62. The van der Waals surface area contributed by atoms with Gasteiger partial charge in [-0.1, -0.05) is 146 Å². The van der Waals surface area contributed by atoms with Crippen LogP contribution in [0.15, 0.2) is 231 Å². The van der Waals surface area contributed by atoms with Gasteiger partial charge in [-0.25, -0.2) is 0 Å². The van der Waals surface area contributed by atoms with Crippen molar-refractivity contribution >= 4 is 55.8 Å². The molecular formula is C55H41N3. The van der Waals surface area contributed by atoms with Crippen LogP contribution in [0.1, 0.15) is 5.56 Å². The standard InChI is InChI=1S/C55H41N3/c1-40-16-6-5-15-37-56(45-31-33-48(34-32-45)57(46-19-9-3-10-20-46)47-21-11-4-12-22-47)55-39-44(27-35-50(40)55)43-28-36-54-52(38-43)51-23-13-14-24-53(51)58(54)49-29-25-42(26-30-49)41-17-7-2-8-18-41/h2-36,38-39H,1,37H2/b15-5-,16-6-. The van der Waals surface area contributed by atoms with Gasteiger partial charge in [-0.2, -0.15) is 0 Å². The molecule has 8 aromatic carbocycles. The van der Waals surface area contributed by atoms with Crippen LogP contribution in [0, 0.1) is 0 Å². The highest BCUT2D eigenvalue weighted by Crippen LogP contribution is 2.41. The van der Waals surface area contributed by atoms with Crippen molar-refractivity contribution in [2.45, 2.75) is 0 Å². The molecule has 0 fully saturated rings. The summed E-state index contributed by atoms with van der Waals surface area (Å²) in [5, 5.41) is 2.47. The molecular weight excluding hydrogens is 703 g/mol. The molecule has 2 heterocycles. The zero-order chi connectivity index (χ0) is 38.8. The normalized spacial score (nSPS) is 13.7. The van der Waals surface area contributed by atoms with E-state index in [0.717, 1.165) is 50.8 Å². The highest BCUT2D eigenvalue weighted by Gasteiger charge is 2.19. The number of nitrogens with zero attached hydrogens (tertiary/aromatic N) is 3. The third-order valence-corrected chi connectivity index (χ3v) is 11.2. The average Bonchev–Trinajstić information content (AvgIpc) is 3.65. The molecule has 0 N–H and O–H groups in total. The van der Waals surface area contributed by atoms with Gasteiger partial charge < -0.3 is 14.4 Å². The van der Waals surface area contributed by atoms with Gasteiger partial charge in [0.05, 0.1) is 11.0 Å². The molecule has 0 atom stereocenters. The first-order valence-electron chi connectivity index (χ1n) is 19.8. The van der Waals surface area contributed by atoms with E-state index in [1.807, 2.05) is 0 Å². The zero-order valence-electron chi connectivity index (χ0n) is 32.1. The van der Waals surface area contributed by atoms with Crippen LogP contribution in [0.25, 0.3) is 55.3 Å². The van der Waals surface area contributed by atoms with E-state index in [-0.39, 0.29) is 0 Å². The molecule has 0 saturated heterocycles. The van der Waals surface area contributed by atoms with Crippen molar-refractivity contribution in [2.24, 2.45) is 0 Å². The molecule has 1 aliphatic rings. The van der Waals surface area contributed by atoms with Gasteiger partial charge in [0, 0.05) is 57.0 Å². The Morgan fingerprint density at radius 1 is 0.431 bits per heavy atom. The Morgan fingerprint density at radius 3 is 1.71 bits per heavy atom. The number of benzene rings is 8. The van der Waals surface area contributed by atoms with Gasteiger partial charge in [-0.15, -0.1) is 0 Å². The number of allylic oxidation sites excluding steroid dienone is 4. The summed E-state index contributed by atoms with van der Waals surface area (Å²) in [6.07, 6.45) is 8.52. The van der Waals surface area contributed by atoms with Crippen molar-refractivity contribution in [3.8, 4) is 27.9 Å². The molecule has 0 unspecified atom stereocenters. The molecule has 58 heavy (non-hydrogen) atoms. The summed E-state index contributed by atoms with van der Waals surface area (Å²) in [5.41, 5.74) is 15.9. The second-order valence-electron chi connectivity index (χ2n) is 14.7. The first-order valence-corrected chi connectivity index (χ1v) is 19.8. The average molecular weight is 744 g/mol. The molecule has 0 spiro atoms. The number of hydrogen-bond acceptors (Lipinski definition) is 2. The van der Waals surface area contributed by atoms with Crippen molar-refractivity contribution in [1.29, 1.82) is 0 Å². The lowest BCUT2D eigenvalue weighted by Gasteiger charge is -2.29. The topological polar surface area (TPSA) is 11.4 Å². The molecule has 0 radical (unpaired) electrons. The summed E-state index contributed by atoms with van der Waals surface area (Å²) >= 11 is 0. The van der Waals surface area contributed by atoms with Crippen molar-refractivity contribution in [3.05, 3.63) is 237 Å². The van der Waals surface area contributed by atoms with E-state index in [4.69, 9.17) is 0 Å². The van der Waals surface area contributed by atoms with Gasteiger partial charge >= 0.3 is 0 Å². The van der Waals surface area contributed by atoms with Gasteiger partial charge in [0.25, 0.3) is 0 Å². The minimum atomic E-state index is 0.712. The Kier molecular flexibility index (Phi) is 9.09. The zero-order valence-corrected chi connectivity index (χ0v) is 32.1. The second-order valence-corrected chi connectivity index (χ2v) is 14.7. The summed E-state index contributed by atoms with van der Waals surface area (Å²) in [6, 6.07) is 71.9. The number of fused-ring (bicyclic) bond motifs is 4. The molecule has 0 bridgehead atoms. The summed E-state index contributed by atoms with van der Waals surface area (Å²) in [5.74, 6) is 0. The lowest BCUT2D eigenvalue weighted by Crippen LogP contribution is -2.18. The summed E-state index contributed by atoms with van der Waals surface area (Å²) in [7, 11) is 0. The smallest absolute Gasteiger partial charge is 0.0541 e. The summed E-state index contributed by atoms with van der Waals surface area (Å²) < 4.78 is 2.39. The van der Waals surface area contributed by atoms with Crippen LogP contribution in [-0.2, 0) is 0 Å². The van der Waals surface area contributed by atoms with Gasteiger partial charge in [0.1, 0.15) is 0 Å². The molecule has 3 heteroatoms. The SMILES string of the molecule is C=C1/C=C\C=C/CN(c2ccc(N(c3ccccc3)c3ccccc3)cc2)c2cc(-c3ccc4c(c3)c3ccccc3n4-c3ccc(-c4ccccc4)cc3)ccc21. The number of aromatic nitrogens is 1. The summed E-state index contributed by atoms with van der Waals surface area (Å²) in [6.45, 7) is 5.22. The first kappa shape index (κ1) is 34.8. The maximum atomic E-state index is 4.51. The third kappa shape index (κ3) is 6.49. The minimum absolute atomic E-state index is 0.712. The van der Waals surface area contributed by atoms with Gasteiger partial charge in [0.2, 0.25) is 0 Å². The van der Waals surface area contributed by atoms with Crippen LogP contribution in [0.3, 0.4) is 0 Å². The molecule has 0 saturated carbocycles. The number of hydrogen-bond donors (Lipinski definition) is 0. The fourth-order valence-electron chi connectivity index (χ4n) is 8.30. The molecule has 1 aromatic heterocycles. The Morgan fingerprint density at radius 2 is 0.983 bits per heavy atom. The van der Waals surface area contributed by atoms with E-state index >= 15 is 0 Å². The Balaban J connectivity index is 1.05. The fraction of sp³-hybridized carbons (Fsp3) is 0.0182. The van der Waals surface area contributed by atoms with Crippen LogP contribution in [0.4, 0.5) is 28.4 Å². The van der Waals surface area contributed by atoms with Gasteiger partial charge in [0.15, 0.2) is 0 Å². The van der Waals surface area contributed by atoms with Crippen LogP contribution in [0.2, 0.25) is 0 Å². The highest BCUT2D eigenvalue weighted by molar-refractivity contribution is 6.10. The predicted octanol–water partition coefficient (Wildman–Crippen LogP) is 14.9. The van der Waals surface area contributed by atoms with E-state index in [1.54, 1.807) is 0 Å². The van der Waals surface area contributed by atoms with Crippen molar-refractivity contribution in [2.75, 3.05) is 16.3 Å². The largest absolute Gasteiger partial charge is 0.337 e. The first-order chi connectivity index (χ1) is 28.7. The molecule has 0 amide bonds. The van der Waals surface area contributed by atoms with Gasteiger partial charge in [-0.05, 0) is 113 Å². The van der Waals surface area contributed by atoms with Crippen molar-refractivity contribution in [1.82, 2.24) is 4.57 Å². The third-order valence-electron chi connectivity index (χ3n) is 11.2. The lowest BCUT2D eigenvalue weighted by atomic mass is 9.96. The molecule has 9 aromatic rings. The Bertz CT molecular complexity index is 2920. The van der Waals surface area contributed by atoms with Crippen LogP contribution >= 0.6 is 0 Å². The van der Waals surface area contributed by atoms with E-state index in [1.165, 1.54) is 38.5 Å².